The Morgan fingerprint density at radius 2 is 1.71 bits per heavy atom. The second-order valence-electron chi connectivity index (χ2n) is 6.11. The maximum Gasteiger partial charge on any atom is 0.224 e. The number of fused-ring (bicyclic) bond motifs is 1. The summed E-state index contributed by atoms with van der Waals surface area (Å²) in [4.78, 5) is 12.2. The number of carbonyl (C=O) groups excluding carboxylic acids is 1. The van der Waals surface area contributed by atoms with Crippen molar-refractivity contribution in [3.05, 3.63) is 53.1 Å². The van der Waals surface area contributed by atoms with Gasteiger partial charge in [-0.05, 0) is 66.6 Å². The number of nitrogens with one attached hydrogen (secondary N) is 1. The monoisotopic (exact) mass is 325 g/mol. The van der Waals surface area contributed by atoms with E-state index in [0.29, 0.717) is 12.8 Å². The van der Waals surface area contributed by atoms with Gasteiger partial charge in [0.05, 0.1) is 14.2 Å². The first kappa shape index (κ1) is 16.4. The van der Waals surface area contributed by atoms with Crippen molar-refractivity contribution in [2.45, 2.75) is 32.1 Å². The van der Waals surface area contributed by atoms with Crippen molar-refractivity contribution >= 4 is 11.6 Å². The number of hydrogen-bond acceptors (Lipinski definition) is 3. The number of amides is 1. The van der Waals surface area contributed by atoms with E-state index in [1.54, 1.807) is 14.2 Å². The lowest BCUT2D eigenvalue weighted by Gasteiger charge is -2.10. The van der Waals surface area contributed by atoms with Gasteiger partial charge in [0.2, 0.25) is 5.91 Å². The molecule has 1 aliphatic rings. The number of benzene rings is 2. The molecule has 2 aromatic rings. The summed E-state index contributed by atoms with van der Waals surface area (Å²) in [6, 6.07) is 11.9. The molecular weight excluding hydrogens is 302 g/mol. The van der Waals surface area contributed by atoms with Gasteiger partial charge in [-0.15, -0.1) is 0 Å². The fourth-order valence-electron chi connectivity index (χ4n) is 3.14. The standard InChI is InChI=1S/C20H23NO3/c1-23-18-10-14(11-19(13-18)24-2)6-9-20(22)21-17-8-7-15-4-3-5-16(15)12-17/h7-8,10-13H,3-6,9H2,1-2H3,(H,21,22). The van der Waals surface area contributed by atoms with Gasteiger partial charge in [-0.3, -0.25) is 4.79 Å². The molecule has 0 saturated heterocycles. The molecule has 0 aromatic heterocycles. The van der Waals surface area contributed by atoms with E-state index in [-0.39, 0.29) is 5.91 Å². The largest absolute Gasteiger partial charge is 0.497 e. The Hall–Kier alpha value is -2.49. The average molecular weight is 325 g/mol. The molecule has 0 unspecified atom stereocenters. The summed E-state index contributed by atoms with van der Waals surface area (Å²) in [6.07, 6.45) is 4.55. The molecule has 0 radical (unpaired) electrons. The van der Waals surface area contributed by atoms with Crippen molar-refractivity contribution < 1.29 is 14.3 Å². The van der Waals surface area contributed by atoms with Gasteiger partial charge in [0.25, 0.3) is 0 Å². The Bertz CT molecular complexity index is 717. The van der Waals surface area contributed by atoms with Crippen LogP contribution in [0.4, 0.5) is 5.69 Å². The first-order valence-corrected chi connectivity index (χ1v) is 8.31. The van der Waals surface area contributed by atoms with Crippen LogP contribution in [0.15, 0.2) is 36.4 Å². The average Bonchev–Trinajstić information content (AvgIpc) is 3.07. The maximum atomic E-state index is 12.2. The van der Waals surface area contributed by atoms with E-state index in [1.165, 1.54) is 17.5 Å². The van der Waals surface area contributed by atoms with Crippen molar-refractivity contribution in [1.82, 2.24) is 0 Å². The van der Waals surface area contributed by atoms with Crippen molar-refractivity contribution in [2.24, 2.45) is 0 Å². The number of anilines is 1. The topological polar surface area (TPSA) is 47.6 Å². The molecule has 4 nitrogen and oxygen atoms in total. The van der Waals surface area contributed by atoms with Gasteiger partial charge < -0.3 is 14.8 Å². The van der Waals surface area contributed by atoms with Crippen LogP contribution in [0, 0.1) is 0 Å². The lowest BCUT2D eigenvalue weighted by atomic mass is 10.1. The highest BCUT2D eigenvalue weighted by Crippen LogP contribution is 2.25. The lowest BCUT2D eigenvalue weighted by Crippen LogP contribution is -2.12. The Balaban J connectivity index is 1.59. The minimum absolute atomic E-state index is 0.0229. The number of aryl methyl sites for hydroxylation is 3. The van der Waals surface area contributed by atoms with E-state index in [2.05, 4.69) is 17.4 Å². The second kappa shape index (κ2) is 7.39. The van der Waals surface area contributed by atoms with E-state index in [4.69, 9.17) is 9.47 Å². The number of ether oxygens (including phenoxy) is 2. The Morgan fingerprint density at radius 1 is 1.00 bits per heavy atom. The molecule has 0 aliphatic heterocycles. The summed E-state index contributed by atoms with van der Waals surface area (Å²) in [6.45, 7) is 0. The zero-order valence-electron chi connectivity index (χ0n) is 14.2. The normalized spacial score (nSPS) is 12.6. The SMILES string of the molecule is COc1cc(CCC(=O)Nc2ccc3c(c2)CCC3)cc(OC)c1. The highest BCUT2D eigenvalue weighted by Gasteiger charge is 2.12. The first-order chi connectivity index (χ1) is 11.7. The van der Waals surface area contributed by atoms with Crippen molar-refractivity contribution in [2.75, 3.05) is 19.5 Å². The van der Waals surface area contributed by atoms with Gasteiger partial charge in [-0.1, -0.05) is 6.07 Å². The summed E-state index contributed by atoms with van der Waals surface area (Å²) >= 11 is 0. The highest BCUT2D eigenvalue weighted by molar-refractivity contribution is 5.91. The second-order valence-corrected chi connectivity index (χ2v) is 6.11. The van der Waals surface area contributed by atoms with Crippen LogP contribution < -0.4 is 14.8 Å². The van der Waals surface area contributed by atoms with Gasteiger partial charge in [0.1, 0.15) is 11.5 Å². The van der Waals surface area contributed by atoms with E-state index >= 15 is 0 Å². The maximum absolute atomic E-state index is 12.2. The molecule has 0 bridgehead atoms. The van der Waals surface area contributed by atoms with Crippen LogP contribution in [0.25, 0.3) is 0 Å². The van der Waals surface area contributed by atoms with Crippen LogP contribution in [0.1, 0.15) is 29.5 Å². The summed E-state index contributed by atoms with van der Waals surface area (Å²) < 4.78 is 10.5. The minimum atomic E-state index is 0.0229. The van der Waals surface area contributed by atoms with Crippen LogP contribution in [0.5, 0.6) is 11.5 Å². The molecule has 0 fully saturated rings. The van der Waals surface area contributed by atoms with Gasteiger partial charge >= 0.3 is 0 Å². The Morgan fingerprint density at radius 3 is 2.42 bits per heavy atom. The van der Waals surface area contributed by atoms with Crippen molar-refractivity contribution in [3.63, 3.8) is 0 Å². The highest BCUT2D eigenvalue weighted by atomic mass is 16.5. The van der Waals surface area contributed by atoms with Crippen molar-refractivity contribution in [1.29, 1.82) is 0 Å². The number of rotatable bonds is 6. The Kier molecular flexibility index (Phi) is 5.04. The molecule has 1 aliphatic carbocycles. The molecule has 4 heteroatoms. The van der Waals surface area contributed by atoms with Gasteiger partial charge in [-0.25, -0.2) is 0 Å². The summed E-state index contributed by atoms with van der Waals surface area (Å²) in [5.41, 5.74) is 4.70. The fraction of sp³-hybridized carbons (Fsp3) is 0.350. The van der Waals surface area contributed by atoms with E-state index in [9.17, 15) is 4.79 Å². The number of hydrogen-bond donors (Lipinski definition) is 1. The third-order valence-corrected chi connectivity index (χ3v) is 4.43. The smallest absolute Gasteiger partial charge is 0.224 e. The van der Waals surface area contributed by atoms with E-state index in [0.717, 1.165) is 35.6 Å². The summed E-state index contributed by atoms with van der Waals surface area (Å²) in [5, 5.41) is 3.00. The van der Waals surface area contributed by atoms with Gasteiger partial charge in [0, 0.05) is 18.2 Å². The molecule has 0 saturated carbocycles. The number of methoxy groups -OCH3 is 2. The van der Waals surface area contributed by atoms with Crippen LogP contribution in [-0.2, 0) is 24.1 Å². The van der Waals surface area contributed by atoms with Crippen LogP contribution in [-0.4, -0.2) is 20.1 Å². The third kappa shape index (κ3) is 3.88. The minimum Gasteiger partial charge on any atom is -0.497 e. The fourth-order valence-corrected chi connectivity index (χ4v) is 3.14. The Labute approximate surface area is 142 Å². The van der Waals surface area contributed by atoms with Gasteiger partial charge in [-0.2, -0.15) is 0 Å². The molecule has 0 spiro atoms. The number of carbonyl (C=O) groups is 1. The van der Waals surface area contributed by atoms with Crippen LogP contribution >= 0.6 is 0 Å². The van der Waals surface area contributed by atoms with Crippen molar-refractivity contribution in [3.8, 4) is 11.5 Å². The lowest BCUT2D eigenvalue weighted by molar-refractivity contribution is -0.116. The zero-order chi connectivity index (χ0) is 16.9. The quantitative estimate of drug-likeness (QED) is 0.879. The molecule has 3 rings (SSSR count). The van der Waals surface area contributed by atoms with Gasteiger partial charge in [0.15, 0.2) is 0 Å². The zero-order valence-corrected chi connectivity index (χ0v) is 14.2. The molecule has 0 heterocycles. The molecule has 126 valence electrons. The summed E-state index contributed by atoms with van der Waals surface area (Å²) in [7, 11) is 3.25. The van der Waals surface area contributed by atoms with E-state index in [1.807, 2.05) is 24.3 Å². The van der Waals surface area contributed by atoms with Crippen LogP contribution in [0.2, 0.25) is 0 Å². The summed E-state index contributed by atoms with van der Waals surface area (Å²) in [5.74, 6) is 1.50. The van der Waals surface area contributed by atoms with E-state index < -0.39 is 0 Å². The third-order valence-electron chi connectivity index (χ3n) is 4.43. The molecule has 1 amide bonds. The molecule has 24 heavy (non-hydrogen) atoms. The molecule has 0 atom stereocenters. The molecular formula is C20H23NO3. The molecule has 1 N–H and O–H groups in total. The predicted octanol–water partition coefficient (Wildman–Crippen LogP) is 3.76. The molecule has 2 aromatic carbocycles. The predicted molar refractivity (Wildman–Crippen MR) is 95.0 cm³/mol. The first-order valence-electron chi connectivity index (χ1n) is 8.31. The van der Waals surface area contributed by atoms with Crippen LogP contribution in [0.3, 0.4) is 0 Å².